The quantitative estimate of drug-likeness (QED) is 0.749. The van der Waals surface area contributed by atoms with Gasteiger partial charge in [0, 0.05) is 25.8 Å². The zero-order valence-corrected chi connectivity index (χ0v) is 17.4. The van der Waals surface area contributed by atoms with Crippen LogP contribution in [-0.2, 0) is 11.3 Å². The Labute approximate surface area is 171 Å². The maximum atomic E-state index is 12.6. The van der Waals surface area contributed by atoms with Crippen LogP contribution in [0.15, 0.2) is 41.1 Å². The van der Waals surface area contributed by atoms with Gasteiger partial charge in [-0.1, -0.05) is 26.8 Å². The average molecular weight is 399 g/mol. The van der Waals surface area contributed by atoms with Crippen molar-refractivity contribution >= 4 is 17.6 Å². The van der Waals surface area contributed by atoms with Gasteiger partial charge in [-0.15, -0.1) is 0 Å². The third-order valence-corrected chi connectivity index (χ3v) is 5.36. The Balaban J connectivity index is 1.53. The van der Waals surface area contributed by atoms with Gasteiger partial charge in [-0.25, -0.2) is 4.98 Å². The number of anilines is 1. The molecule has 2 aromatic heterocycles. The SMILES string of the molecule is CC1CCN(c2ccc(CNC(=O)C(NC(=O)c3ccco3)C(C)C)cn2)CC1. The summed E-state index contributed by atoms with van der Waals surface area (Å²) in [6, 6.07) is 6.57. The average Bonchev–Trinajstić information content (AvgIpc) is 3.26. The minimum atomic E-state index is -0.643. The van der Waals surface area contributed by atoms with Crippen LogP contribution >= 0.6 is 0 Å². The first-order valence-electron chi connectivity index (χ1n) is 10.3. The molecule has 0 aliphatic carbocycles. The van der Waals surface area contributed by atoms with Gasteiger partial charge in [0.25, 0.3) is 5.91 Å². The van der Waals surface area contributed by atoms with Crippen LogP contribution in [0.5, 0.6) is 0 Å². The molecule has 1 unspecified atom stereocenters. The van der Waals surface area contributed by atoms with Crippen molar-refractivity contribution in [2.45, 2.75) is 46.2 Å². The first-order valence-corrected chi connectivity index (χ1v) is 10.3. The molecule has 7 nitrogen and oxygen atoms in total. The van der Waals surface area contributed by atoms with E-state index in [0.29, 0.717) is 6.54 Å². The molecule has 1 fully saturated rings. The van der Waals surface area contributed by atoms with E-state index >= 15 is 0 Å². The van der Waals surface area contributed by atoms with Gasteiger partial charge in [0.1, 0.15) is 11.9 Å². The summed E-state index contributed by atoms with van der Waals surface area (Å²) < 4.78 is 5.10. The van der Waals surface area contributed by atoms with Crippen molar-refractivity contribution in [2.24, 2.45) is 11.8 Å². The number of nitrogens with one attached hydrogen (secondary N) is 2. The normalized spacial score (nSPS) is 15.9. The van der Waals surface area contributed by atoms with Crippen LogP contribution in [0.25, 0.3) is 0 Å². The molecule has 2 aromatic rings. The summed E-state index contributed by atoms with van der Waals surface area (Å²) in [7, 11) is 0. The highest BCUT2D eigenvalue weighted by molar-refractivity contribution is 5.95. The van der Waals surface area contributed by atoms with E-state index in [9.17, 15) is 9.59 Å². The first kappa shape index (κ1) is 20.9. The third kappa shape index (κ3) is 5.59. The highest BCUT2D eigenvalue weighted by atomic mass is 16.3. The van der Waals surface area contributed by atoms with Crippen molar-refractivity contribution in [1.29, 1.82) is 0 Å². The number of furan rings is 1. The molecular formula is C22H30N4O3. The number of rotatable bonds is 7. The fraction of sp³-hybridized carbons (Fsp3) is 0.500. The lowest BCUT2D eigenvalue weighted by molar-refractivity contribution is -0.124. The predicted octanol–water partition coefficient (Wildman–Crippen LogP) is 2.98. The topological polar surface area (TPSA) is 87.5 Å². The monoisotopic (exact) mass is 398 g/mol. The molecule has 0 aromatic carbocycles. The lowest BCUT2D eigenvalue weighted by atomic mass is 9.99. The number of amides is 2. The minimum Gasteiger partial charge on any atom is -0.459 e. The Morgan fingerprint density at radius 1 is 1.24 bits per heavy atom. The summed E-state index contributed by atoms with van der Waals surface area (Å²) >= 11 is 0. The number of hydrogen-bond acceptors (Lipinski definition) is 5. The van der Waals surface area contributed by atoms with E-state index in [1.54, 1.807) is 18.3 Å². The molecule has 1 aliphatic heterocycles. The zero-order chi connectivity index (χ0) is 20.8. The fourth-order valence-corrected chi connectivity index (χ4v) is 3.40. The lowest BCUT2D eigenvalue weighted by Gasteiger charge is -2.31. The largest absolute Gasteiger partial charge is 0.459 e. The number of piperidine rings is 1. The number of carbonyl (C=O) groups excluding carboxylic acids is 2. The Kier molecular flexibility index (Phi) is 6.90. The second-order valence-corrected chi connectivity index (χ2v) is 8.08. The van der Waals surface area contributed by atoms with Crippen LogP contribution in [0.2, 0.25) is 0 Å². The van der Waals surface area contributed by atoms with Gasteiger partial charge in [-0.2, -0.15) is 0 Å². The van der Waals surface area contributed by atoms with Crippen LogP contribution in [0.1, 0.15) is 49.7 Å². The molecule has 156 valence electrons. The van der Waals surface area contributed by atoms with Crippen molar-refractivity contribution in [3.63, 3.8) is 0 Å². The number of carbonyl (C=O) groups is 2. The molecule has 0 radical (unpaired) electrons. The molecule has 1 atom stereocenters. The van der Waals surface area contributed by atoms with E-state index < -0.39 is 11.9 Å². The van der Waals surface area contributed by atoms with E-state index in [0.717, 1.165) is 30.4 Å². The van der Waals surface area contributed by atoms with E-state index in [-0.39, 0.29) is 17.6 Å². The summed E-state index contributed by atoms with van der Waals surface area (Å²) in [6.45, 7) is 8.51. The van der Waals surface area contributed by atoms with Crippen LogP contribution in [-0.4, -0.2) is 35.9 Å². The molecule has 0 spiro atoms. The molecule has 7 heteroatoms. The van der Waals surface area contributed by atoms with Gasteiger partial charge in [-0.3, -0.25) is 9.59 Å². The van der Waals surface area contributed by atoms with Crippen LogP contribution in [0.4, 0.5) is 5.82 Å². The van der Waals surface area contributed by atoms with Crippen molar-refractivity contribution < 1.29 is 14.0 Å². The van der Waals surface area contributed by atoms with Gasteiger partial charge >= 0.3 is 0 Å². The molecule has 2 N–H and O–H groups in total. The van der Waals surface area contributed by atoms with Crippen molar-refractivity contribution in [3.8, 4) is 0 Å². The summed E-state index contributed by atoms with van der Waals surface area (Å²) in [5.41, 5.74) is 0.923. The molecule has 2 amide bonds. The molecule has 29 heavy (non-hydrogen) atoms. The zero-order valence-electron chi connectivity index (χ0n) is 17.4. The number of pyridine rings is 1. The maximum Gasteiger partial charge on any atom is 0.287 e. The van der Waals surface area contributed by atoms with Crippen molar-refractivity contribution in [2.75, 3.05) is 18.0 Å². The van der Waals surface area contributed by atoms with E-state index in [2.05, 4.69) is 27.4 Å². The molecule has 1 saturated heterocycles. The number of nitrogens with zero attached hydrogens (tertiary/aromatic N) is 2. The summed E-state index contributed by atoms with van der Waals surface area (Å²) in [4.78, 5) is 31.7. The summed E-state index contributed by atoms with van der Waals surface area (Å²) in [5, 5.41) is 5.64. The molecule has 3 rings (SSSR count). The Morgan fingerprint density at radius 2 is 2.00 bits per heavy atom. The second-order valence-electron chi connectivity index (χ2n) is 8.08. The fourth-order valence-electron chi connectivity index (χ4n) is 3.40. The molecule has 3 heterocycles. The minimum absolute atomic E-state index is 0.0593. The number of hydrogen-bond donors (Lipinski definition) is 2. The smallest absolute Gasteiger partial charge is 0.287 e. The van der Waals surface area contributed by atoms with Gasteiger partial charge in [0.05, 0.1) is 6.26 Å². The highest BCUT2D eigenvalue weighted by Crippen LogP contribution is 2.21. The van der Waals surface area contributed by atoms with Crippen molar-refractivity contribution in [3.05, 3.63) is 48.0 Å². The maximum absolute atomic E-state index is 12.6. The van der Waals surface area contributed by atoms with Gasteiger partial charge in [0.2, 0.25) is 5.91 Å². The molecular weight excluding hydrogens is 368 g/mol. The third-order valence-electron chi connectivity index (χ3n) is 5.36. The predicted molar refractivity (Wildman–Crippen MR) is 111 cm³/mol. The Morgan fingerprint density at radius 3 is 2.59 bits per heavy atom. The molecule has 0 saturated carbocycles. The Hall–Kier alpha value is -2.83. The lowest BCUT2D eigenvalue weighted by Crippen LogP contribution is -2.49. The van der Waals surface area contributed by atoms with Gasteiger partial charge in [-0.05, 0) is 48.4 Å². The molecule has 1 aliphatic rings. The van der Waals surface area contributed by atoms with Crippen LogP contribution in [0.3, 0.4) is 0 Å². The second kappa shape index (κ2) is 9.58. The van der Waals surface area contributed by atoms with Crippen LogP contribution < -0.4 is 15.5 Å². The molecule has 0 bridgehead atoms. The van der Waals surface area contributed by atoms with E-state index in [4.69, 9.17) is 4.42 Å². The standard InChI is InChI=1S/C22H30N4O3/c1-15(2)20(25-21(27)18-5-4-12-29-18)22(28)24-14-17-6-7-19(23-13-17)26-10-8-16(3)9-11-26/h4-7,12-13,15-16,20H,8-11,14H2,1-3H3,(H,24,28)(H,25,27). The number of aromatic nitrogens is 1. The van der Waals surface area contributed by atoms with Gasteiger partial charge < -0.3 is 20.0 Å². The van der Waals surface area contributed by atoms with E-state index in [1.807, 2.05) is 26.0 Å². The Bertz CT molecular complexity index is 794. The highest BCUT2D eigenvalue weighted by Gasteiger charge is 2.25. The van der Waals surface area contributed by atoms with Crippen molar-refractivity contribution in [1.82, 2.24) is 15.6 Å². The van der Waals surface area contributed by atoms with Crippen LogP contribution in [0, 0.1) is 11.8 Å². The van der Waals surface area contributed by atoms with E-state index in [1.165, 1.54) is 19.1 Å². The van der Waals surface area contributed by atoms with Gasteiger partial charge in [0.15, 0.2) is 5.76 Å². The summed E-state index contributed by atoms with van der Waals surface area (Å²) in [5.74, 6) is 1.27. The summed E-state index contributed by atoms with van der Waals surface area (Å²) in [6.07, 6.45) is 5.62. The first-order chi connectivity index (χ1) is 13.9.